The van der Waals surface area contributed by atoms with Crippen LogP contribution in [0.1, 0.15) is 27.7 Å². The second-order valence-electron chi connectivity index (χ2n) is 8.20. The lowest BCUT2D eigenvalue weighted by atomic mass is 9.95. The van der Waals surface area contributed by atoms with Gasteiger partial charge in [-0.15, -0.1) is 0 Å². The Bertz CT molecular complexity index is 1500. The first kappa shape index (κ1) is 21.9. The summed E-state index contributed by atoms with van der Waals surface area (Å²) in [5.74, 6) is -2.93. The molecule has 0 saturated heterocycles. The molecule has 3 aromatic carbocycles. The number of aromatic nitrogens is 1. The van der Waals surface area contributed by atoms with E-state index in [1.54, 1.807) is 43.4 Å². The van der Waals surface area contributed by atoms with Crippen LogP contribution in [-0.4, -0.2) is 29.4 Å². The van der Waals surface area contributed by atoms with E-state index in [2.05, 4.69) is 4.98 Å². The average Bonchev–Trinajstić information content (AvgIpc) is 2.84. The number of aromatic amines is 1. The van der Waals surface area contributed by atoms with Crippen LogP contribution >= 0.6 is 0 Å². The van der Waals surface area contributed by atoms with E-state index in [1.807, 2.05) is 0 Å². The van der Waals surface area contributed by atoms with Crippen LogP contribution in [-0.2, 0) is 11.3 Å². The molecule has 1 aliphatic heterocycles. The van der Waals surface area contributed by atoms with Gasteiger partial charge < -0.3 is 14.6 Å². The van der Waals surface area contributed by atoms with E-state index in [4.69, 9.17) is 4.74 Å². The summed E-state index contributed by atoms with van der Waals surface area (Å²) in [7, 11) is 1.58. The van der Waals surface area contributed by atoms with Crippen molar-refractivity contribution in [2.75, 3.05) is 13.7 Å². The monoisotopic (exact) mass is 464 g/mol. The lowest BCUT2D eigenvalue weighted by Gasteiger charge is -2.34. The van der Waals surface area contributed by atoms with Gasteiger partial charge in [0.05, 0.1) is 24.6 Å². The minimum absolute atomic E-state index is 0.00139. The van der Waals surface area contributed by atoms with Crippen LogP contribution in [0.4, 0.5) is 13.2 Å². The highest BCUT2D eigenvalue weighted by Crippen LogP contribution is 2.34. The second kappa shape index (κ2) is 8.46. The summed E-state index contributed by atoms with van der Waals surface area (Å²) in [5.41, 5.74) is 2.02. The molecule has 0 radical (unpaired) electrons. The number of pyridine rings is 1. The summed E-state index contributed by atoms with van der Waals surface area (Å²) in [4.78, 5) is 30.0. The summed E-state index contributed by atoms with van der Waals surface area (Å²) >= 11 is 0. The fraction of sp³-hybridized carbons (Fsp3) is 0.154. The first-order chi connectivity index (χ1) is 16.3. The van der Waals surface area contributed by atoms with Gasteiger partial charge in [-0.2, -0.15) is 0 Å². The highest BCUT2D eigenvalue weighted by Gasteiger charge is 2.31. The number of hydrogen-bond acceptors (Lipinski definition) is 3. The van der Waals surface area contributed by atoms with Crippen molar-refractivity contribution < 1.29 is 22.7 Å². The van der Waals surface area contributed by atoms with E-state index in [-0.39, 0.29) is 35.7 Å². The van der Waals surface area contributed by atoms with Gasteiger partial charge in [0, 0.05) is 23.9 Å². The number of carbonyl (C=O) groups excluding carboxylic acids is 1. The molecule has 172 valence electrons. The van der Waals surface area contributed by atoms with Crippen LogP contribution in [0, 0.1) is 17.5 Å². The molecule has 0 spiro atoms. The number of H-pyrrole nitrogens is 1. The molecule has 4 aromatic rings. The molecule has 1 aromatic heterocycles. The van der Waals surface area contributed by atoms with Crippen molar-refractivity contribution in [2.45, 2.75) is 12.6 Å². The molecule has 1 aliphatic rings. The van der Waals surface area contributed by atoms with E-state index < -0.39 is 23.2 Å². The van der Waals surface area contributed by atoms with Crippen molar-refractivity contribution in [3.8, 4) is 11.1 Å². The fourth-order valence-corrected chi connectivity index (χ4v) is 4.39. The van der Waals surface area contributed by atoms with Gasteiger partial charge in [-0.05, 0) is 52.9 Å². The largest absolute Gasteiger partial charge is 0.373 e. The topological polar surface area (TPSA) is 62.4 Å². The molecule has 8 heteroatoms. The fourth-order valence-electron chi connectivity index (χ4n) is 4.39. The molecule has 2 heterocycles. The van der Waals surface area contributed by atoms with E-state index in [1.165, 1.54) is 17.0 Å². The number of carbonyl (C=O) groups is 1. The SMILES string of the molecule is CN(C(=O)c1cccc(-c2cccc(F)c2)c1)[C@H]1COCc2[nH]c(=O)c3cc(F)c(F)cc3c21. The zero-order valence-electron chi connectivity index (χ0n) is 18.1. The highest BCUT2D eigenvalue weighted by molar-refractivity contribution is 5.96. The van der Waals surface area contributed by atoms with Crippen LogP contribution in [0.3, 0.4) is 0 Å². The molecule has 1 amide bonds. The van der Waals surface area contributed by atoms with Crippen molar-refractivity contribution in [1.82, 2.24) is 9.88 Å². The Morgan fingerprint density at radius 2 is 1.65 bits per heavy atom. The van der Waals surface area contributed by atoms with Crippen molar-refractivity contribution in [3.63, 3.8) is 0 Å². The maximum absolute atomic E-state index is 14.1. The number of rotatable bonds is 3. The zero-order valence-corrected chi connectivity index (χ0v) is 18.1. The Labute approximate surface area is 192 Å². The van der Waals surface area contributed by atoms with Gasteiger partial charge in [0.1, 0.15) is 5.82 Å². The molecule has 0 fully saturated rings. The van der Waals surface area contributed by atoms with Crippen LogP contribution < -0.4 is 5.56 Å². The predicted molar refractivity (Wildman–Crippen MR) is 121 cm³/mol. The summed E-state index contributed by atoms with van der Waals surface area (Å²) < 4.78 is 47.2. The number of hydrogen-bond donors (Lipinski definition) is 1. The lowest BCUT2D eigenvalue weighted by molar-refractivity contribution is 0.0335. The standard InChI is InChI=1S/C26H19F3N2O3/c1-31(26(33)16-6-2-4-14(8-16)15-5-3-7-17(27)9-15)23-13-34-12-22-24(23)18-10-20(28)21(29)11-19(18)25(32)30-22/h2-11,23H,12-13H2,1H3,(H,30,32)/t23-/m0/s1. The normalized spacial score (nSPS) is 15.2. The summed E-state index contributed by atoms with van der Waals surface area (Å²) in [6, 6.07) is 14.1. The Kier molecular flexibility index (Phi) is 5.45. The van der Waals surface area contributed by atoms with E-state index >= 15 is 0 Å². The molecular weight excluding hydrogens is 445 g/mol. The lowest BCUT2D eigenvalue weighted by Crippen LogP contribution is -2.37. The first-order valence-electron chi connectivity index (χ1n) is 10.6. The molecule has 34 heavy (non-hydrogen) atoms. The number of halogens is 3. The van der Waals surface area contributed by atoms with E-state index in [9.17, 15) is 22.8 Å². The summed E-state index contributed by atoms with van der Waals surface area (Å²) in [6.07, 6.45) is 0. The first-order valence-corrected chi connectivity index (χ1v) is 10.6. The maximum Gasteiger partial charge on any atom is 0.256 e. The van der Waals surface area contributed by atoms with Crippen molar-refractivity contribution >= 4 is 16.7 Å². The average molecular weight is 464 g/mol. The molecular formula is C26H19F3N2O3. The van der Waals surface area contributed by atoms with Gasteiger partial charge in [0.2, 0.25) is 0 Å². The smallest absolute Gasteiger partial charge is 0.256 e. The molecule has 1 N–H and O–H groups in total. The molecule has 1 atom stereocenters. The van der Waals surface area contributed by atoms with Gasteiger partial charge in [0.25, 0.3) is 11.5 Å². The molecule has 0 saturated carbocycles. The Morgan fingerprint density at radius 1 is 0.971 bits per heavy atom. The quantitative estimate of drug-likeness (QED) is 0.467. The number of ether oxygens (including phenoxy) is 1. The Hall–Kier alpha value is -3.91. The molecule has 0 unspecified atom stereocenters. The van der Waals surface area contributed by atoms with Crippen molar-refractivity contribution in [3.05, 3.63) is 105 Å². The van der Waals surface area contributed by atoms with Gasteiger partial charge in [0.15, 0.2) is 11.6 Å². The van der Waals surface area contributed by atoms with Crippen molar-refractivity contribution in [1.29, 1.82) is 0 Å². The Morgan fingerprint density at radius 3 is 2.38 bits per heavy atom. The third-order valence-corrected chi connectivity index (χ3v) is 6.10. The number of amides is 1. The Balaban J connectivity index is 1.56. The van der Waals surface area contributed by atoms with Gasteiger partial charge in [-0.3, -0.25) is 9.59 Å². The van der Waals surface area contributed by atoms with E-state index in [0.29, 0.717) is 27.9 Å². The number of nitrogens with one attached hydrogen (secondary N) is 1. The number of nitrogens with zero attached hydrogens (tertiary/aromatic N) is 1. The minimum atomic E-state index is -1.12. The van der Waals surface area contributed by atoms with Crippen LogP contribution in [0.2, 0.25) is 0 Å². The van der Waals surface area contributed by atoms with Crippen LogP contribution in [0.25, 0.3) is 21.9 Å². The van der Waals surface area contributed by atoms with Gasteiger partial charge in [-0.1, -0.05) is 24.3 Å². The maximum atomic E-state index is 14.1. The summed E-state index contributed by atoms with van der Waals surface area (Å²) in [5, 5.41) is 0.234. The number of fused-ring (bicyclic) bond motifs is 3. The molecule has 0 bridgehead atoms. The molecule has 5 nitrogen and oxygen atoms in total. The second-order valence-corrected chi connectivity index (χ2v) is 8.20. The third-order valence-electron chi connectivity index (χ3n) is 6.10. The van der Waals surface area contributed by atoms with Crippen LogP contribution in [0.15, 0.2) is 65.5 Å². The van der Waals surface area contributed by atoms with Crippen molar-refractivity contribution in [2.24, 2.45) is 0 Å². The number of likely N-dealkylation sites (N-methyl/N-ethyl adjacent to an activating group) is 1. The molecule has 5 rings (SSSR count). The van der Waals surface area contributed by atoms with E-state index in [0.717, 1.165) is 12.1 Å². The molecule has 0 aliphatic carbocycles. The third kappa shape index (κ3) is 3.76. The van der Waals surface area contributed by atoms with Gasteiger partial charge >= 0.3 is 0 Å². The summed E-state index contributed by atoms with van der Waals surface area (Å²) in [6.45, 7) is 0.187. The predicted octanol–water partition coefficient (Wildman–Crippen LogP) is 4.96. The highest BCUT2D eigenvalue weighted by atomic mass is 19.2. The van der Waals surface area contributed by atoms with Gasteiger partial charge in [-0.25, -0.2) is 13.2 Å². The van der Waals surface area contributed by atoms with Crippen LogP contribution in [0.5, 0.6) is 0 Å². The minimum Gasteiger partial charge on any atom is -0.373 e. The number of benzene rings is 3. The zero-order chi connectivity index (χ0) is 24.0.